The third-order valence-electron chi connectivity index (χ3n) is 4.31. The number of carbonyl (C=O) groups excluding carboxylic acids is 2. The molecule has 2 fully saturated rings. The molecule has 0 aromatic carbocycles. The number of piperidine rings is 1. The summed E-state index contributed by atoms with van der Waals surface area (Å²) in [5, 5.41) is 10.2. The fraction of sp³-hybridized carbons (Fsp3) is 0.857. The molecule has 0 spiro atoms. The number of halogens is 2. The van der Waals surface area contributed by atoms with Gasteiger partial charge >= 0.3 is 5.97 Å². The van der Waals surface area contributed by atoms with E-state index < -0.39 is 29.8 Å². The maximum Gasteiger partial charge on any atom is 0.338 e. The fourth-order valence-electron chi connectivity index (χ4n) is 2.99. The first-order valence-electron chi connectivity index (χ1n) is 7.34. The van der Waals surface area contributed by atoms with E-state index >= 15 is 0 Å². The highest BCUT2D eigenvalue weighted by Gasteiger charge is 2.46. The van der Waals surface area contributed by atoms with Gasteiger partial charge in [0.25, 0.3) is 0 Å². The Kier molecular flexibility index (Phi) is 4.51. The van der Waals surface area contributed by atoms with Gasteiger partial charge in [-0.05, 0) is 13.3 Å². The van der Waals surface area contributed by atoms with Crippen LogP contribution in [0, 0.1) is 5.92 Å². The second-order valence-electron chi connectivity index (χ2n) is 5.87. The molecule has 0 aromatic rings. The molecule has 5 nitrogen and oxygen atoms in total. The lowest BCUT2D eigenvalue weighted by molar-refractivity contribution is -0.171. The zero-order chi connectivity index (χ0) is 15.7. The van der Waals surface area contributed by atoms with E-state index in [0.29, 0.717) is 0 Å². The number of esters is 1. The van der Waals surface area contributed by atoms with Gasteiger partial charge in [0.05, 0.1) is 6.61 Å². The molecule has 1 heterocycles. The van der Waals surface area contributed by atoms with Crippen molar-refractivity contribution in [2.45, 2.75) is 50.6 Å². The minimum atomic E-state index is -2.75. The molecular formula is C14H21F2NO4. The van der Waals surface area contributed by atoms with Crippen molar-refractivity contribution in [3.63, 3.8) is 0 Å². The summed E-state index contributed by atoms with van der Waals surface area (Å²) in [4.78, 5) is 25.3. The molecule has 21 heavy (non-hydrogen) atoms. The van der Waals surface area contributed by atoms with Crippen LogP contribution in [0.5, 0.6) is 0 Å². The summed E-state index contributed by atoms with van der Waals surface area (Å²) >= 11 is 0. The fourth-order valence-corrected chi connectivity index (χ4v) is 2.99. The van der Waals surface area contributed by atoms with Crippen molar-refractivity contribution < 1.29 is 28.2 Å². The molecule has 1 N–H and O–H groups in total. The Bertz CT molecular complexity index is 419. The molecule has 0 radical (unpaired) electrons. The van der Waals surface area contributed by atoms with Crippen LogP contribution in [0.3, 0.4) is 0 Å². The number of rotatable bonds is 3. The molecule has 1 atom stereocenters. The predicted molar refractivity (Wildman–Crippen MR) is 69.7 cm³/mol. The van der Waals surface area contributed by atoms with Gasteiger partial charge < -0.3 is 14.7 Å². The average molecular weight is 305 g/mol. The number of alkyl halides is 2. The Hall–Kier alpha value is -1.24. The summed E-state index contributed by atoms with van der Waals surface area (Å²) in [6.45, 7) is 2.22. The van der Waals surface area contributed by atoms with Gasteiger partial charge in [0.2, 0.25) is 11.8 Å². The van der Waals surface area contributed by atoms with Gasteiger partial charge in [0.15, 0.2) is 5.60 Å². The van der Waals surface area contributed by atoms with Gasteiger partial charge in [0.1, 0.15) is 0 Å². The SMILES string of the molecule is CCOC(=O)C1(O)CCN(C(=O)C2CCC(F)(F)C2)CC1. The quantitative estimate of drug-likeness (QED) is 0.799. The van der Waals surface area contributed by atoms with Crippen molar-refractivity contribution in [3.05, 3.63) is 0 Å². The smallest absolute Gasteiger partial charge is 0.338 e. The highest BCUT2D eigenvalue weighted by Crippen LogP contribution is 2.40. The van der Waals surface area contributed by atoms with Gasteiger partial charge in [-0.15, -0.1) is 0 Å². The minimum Gasteiger partial charge on any atom is -0.464 e. The van der Waals surface area contributed by atoms with E-state index in [-0.39, 0.29) is 51.3 Å². The van der Waals surface area contributed by atoms with Crippen molar-refractivity contribution in [1.29, 1.82) is 0 Å². The molecule has 1 aliphatic heterocycles. The van der Waals surface area contributed by atoms with Crippen molar-refractivity contribution in [2.75, 3.05) is 19.7 Å². The van der Waals surface area contributed by atoms with Gasteiger partial charge in [-0.2, -0.15) is 0 Å². The molecule has 0 aromatic heterocycles. The van der Waals surface area contributed by atoms with Crippen LogP contribution in [0.4, 0.5) is 8.78 Å². The van der Waals surface area contributed by atoms with Crippen molar-refractivity contribution in [3.8, 4) is 0 Å². The van der Waals surface area contributed by atoms with Gasteiger partial charge in [-0.25, -0.2) is 13.6 Å². The minimum absolute atomic E-state index is 0.0840. The number of hydrogen-bond acceptors (Lipinski definition) is 4. The van der Waals surface area contributed by atoms with Crippen LogP contribution >= 0.6 is 0 Å². The molecule has 1 saturated carbocycles. The Balaban J connectivity index is 1.89. The first-order chi connectivity index (χ1) is 9.77. The number of nitrogens with zero attached hydrogens (tertiary/aromatic N) is 1. The van der Waals surface area contributed by atoms with E-state index in [1.165, 1.54) is 4.90 Å². The van der Waals surface area contributed by atoms with E-state index in [9.17, 15) is 23.5 Å². The number of amides is 1. The van der Waals surface area contributed by atoms with Crippen LogP contribution in [0.1, 0.15) is 39.0 Å². The molecule has 1 aliphatic carbocycles. The summed E-state index contributed by atoms with van der Waals surface area (Å²) in [6.07, 6.45) is -0.277. The second kappa shape index (κ2) is 5.87. The molecule has 7 heteroatoms. The van der Waals surface area contributed by atoms with Crippen molar-refractivity contribution in [2.24, 2.45) is 5.92 Å². The summed E-state index contributed by atoms with van der Waals surface area (Å²) in [6, 6.07) is 0. The Morgan fingerprint density at radius 2 is 1.90 bits per heavy atom. The van der Waals surface area contributed by atoms with Crippen LogP contribution in [0.2, 0.25) is 0 Å². The molecule has 2 rings (SSSR count). The van der Waals surface area contributed by atoms with E-state index in [1.807, 2.05) is 0 Å². The largest absolute Gasteiger partial charge is 0.464 e. The van der Waals surface area contributed by atoms with Crippen LogP contribution < -0.4 is 0 Å². The van der Waals surface area contributed by atoms with Gasteiger partial charge in [-0.3, -0.25) is 4.79 Å². The average Bonchev–Trinajstić information content (AvgIpc) is 2.79. The van der Waals surface area contributed by atoms with E-state index in [4.69, 9.17) is 4.74 Å². The normalized spacial score (nSPS) is 27.4. The van der Waals surface area contributed by atoms with Crippen LogP contribution in [-0.2, 0) is 14.3 Å². The van der Waals surface area contributed by atoms with Crippen LogP contribution in [-0.4, -0.2) is 53.1 Å². The molecule has 1 saturated heterocycles. The third kappa shape index (κ3) is 3.51. The number of carbonyl (C=O) groups is 2. The molecular weight excluding hydrogens is 284 g/mol. The number of hydrogen-bond donors (Lipinski definition) is 1. The summed E-state index contributed by atoms with van der Waals surface area (Å²) in [5.41, 5.74) is -1.56. The van der Waals surface area contributed by atoms with Crippen LogP contribution in [0.25, 0.3) is 0 Å². The van der Waals surface area contributed by atoms with Crippen LogP contribution in [0.15, 0.2) is 0 Å². The standard InChI is InChI=1S/C14H21F2NO4/c1-2-21-12(19)13(20)5-7-17(8-6-13)11(18)10-3-4-14(15,16)9-10/h10,20H,2-9H2,1H3. The first-order valence-corrected chi connectivity index (χ1v) is 7.34. The second-order valence-corrected chi connectivity index (χ2v) is 5.87. The number of likely N-dealkylation sites (tertiary alicyclic amines) is 1. The molecule has 2 aliphatic rings. The molecule has 1 amide bonds. The molecule has 0 bridgehead atoms. The zero-order valence-corrected chi connectivity index (χ0v) is 12.1. The van der Waals surface area contributed by atoms with Crippen molar-refractivity contribution >= 4 is 11.9 Å². The summed E-state index contributed by atoms with van der Waals surface area (Å²) < 4.78 is 31.1. The van der Waals surface area contributed by atoms with E-state index in [2.05, 4.69) is 0 Å². The predicted octanol–water partition coefficient (Wildman–Crippen LogP) is 1.34. The summed E-state index contributed by atoms with van der Waals surface area (Å²) in [5.74, 6) is -4.36. The molecule has 120 valence electrons. The lowest BCUT2D eigenvalue weighted by Gasteiger charge is -2.37. The molecule has 1 unspecified atom stereocenters. The number of ether oxygens (including phenoxy) is 1. The zero-order valence-electron chi connectivity index (χ0n) is 12.1. The Labute approximate surface area is 122 Å². The van der Waals surface area contributed by atoms with Gasteiger partial charge in [-0.1, -0.05) is 0 Å². The topological polar surface area (TPSA) is 66.8 Å². The maximum absolute atomic E-state index is 13.2. The Morgan fingerprint density at radius 3 is 2.38 bits per heavy atom. The van der Waals surface area contributed by atoms with E-state index in [1.54, 1.807) is 6.92 Å². The monoisotopic (exact) mass is 305 g/mol. The Morgan fingerprint density at radius 1 is 1.29 bits per heavy atom. The van der Waals surface area contributed by atoms with Gasteiger partial charge in [0, 0.05) is 44.7 Å². The summed E-state index contributed by atoms with van der Waals surface area (Å²) in [7, 11) is 0. The highest BCUT2D eigenvalue weighted by atomic mass is 19.3. The first kappa shape index (κ1) is 16.1. The lowest BCUT2D eigenvalue weighted by Crippen LogP contribution is -2.52. The lowest BCUT2D eigenvalue weighted by atomic mass is 9.90. The number of aliphatic hydroxyl groups is 1. The van der Waals surface area contributed by atoms with Crippen molar-refractivity contribution in [1.82, 2.24) is 4.90 Å². The highest BCUT2D eigenvalue weighted by molar-refractivity contribution is 5.82. The third-order valence-corrected chi connectivity index (χ3v) is 4.31. The maximum atomic E-state index is 13.2. The van der Waals surface area contributed by atoms with E-state index in [0.717, 1.165) is 0 Å².